The molecule has 0 radical (unpaired) electrons. The molecule has 1 aromatic carbocycles. The van der Waals surface area contributed by atoms with Gasteiger partial charge < -0.3 is 11.1 Å². The van der Waals surface area contributed by atoms with Gasteiger partial charge in [-0.05, 0) is 44.4 Å². The van der Waals surface area contributed by atoms with Crippen LogP contribution in [0.25, 0.3) is 0 Å². The molecule has 1 atom stereocenters. The first-order valence-corrected chi connectivity index (χ1v) is 7.20. The number of nitrogens with one attached hydrogen (secondary N) is 1. The van der Waals surface area contributed by atoms with Crippen molar-refractivity contribution in [1.29, 1.82) is 0 Å². The summed E-state index contributed by atoms with van der Waals surface area (Å²) in [4.78, 5) is 11.9. The zero-order valence-corrected chi connectivity index (χ0v) is 11.7. The largest absolute Gasteiger partial charge is 0.398 e. The number of thioether (sulfide) groups is 1. The van der Waals surface area contributed by atoms with E-state index in [0.29, 0.717) is 11.3 Å². The van der Waals surface area contributed by atoms with E-state index in [1.165, 1.54) is 12.1 Å². The Morgan fingerprint density at radius 3 is 2.78 bits per heavy atom. The normalized spacial score (nSPS) is 12.2. The molecule has 3 N–H and O–H groups in total. The molecule has 0 aliphatic carbocycles. The summed E-state index contributed by atoms with van der Waals surface area (Å²) in [6.45, 7) is 3.52. The highest BCUT2D eigenvalue weighted by Gasteiger charge is 2.13. The van der Waals surface area contributed by atoms with E-state index < -0.39 is 5.82 Å². The fourth-order valence-corrected chi connectivity index (χ4v) is 2.09. The number of nitrogens with two attached hydrogens (primary N) is 1. The molecule has 5 heteroatoms. The van der Waals surface area contributed by atoms with Crippen LogP contribution in [0.3, 0.4) is 0 Å². The predicted molar refractivity (Wildman–Crippen MR) is 75.5 cm³/mol. The van der Waals surface area contributed by atoms with Gasteiger partial charge in [-0.2, -0.15) is 11.8 Å². The van der Waals surface area contributed by atoms with Crippen LogP contribution in [0.2, 0.25) is 0 Å². The second-order valence-electron chi connectivity index (χ2n) is 4.33. The van der Waals surface area contributed by atoms with Crippen LogP contribution >= 0.6 is 11.8 Å². The monoisotopic (exact) mass is 270 g/mol. The van der Waals surface area contributed by atoms with E-state index >= 15 is 0 Å². The van der Waals surface area contributed by atoms with Crippen LogP contribution in [0, 0.1) is 12.7 Å². The minimum atomic E-state index is -0.447. The maximum absolute atomic E-state index is 13.5. The fourth-order valence-electron chi connectivity index (χ4n) is 1.51. The van der Waals surface area contributed by atoms with Crippen LogP contribution in [0.4, 0.5) is 10.1 Å². The first-order chi connectivity index (χ1) is 8.45. The molecule has 0 aliphatic heterocycles. The minimum Gasteiger partial charge on any atom is -0.398 e. The quantitative estimate of drug-likeness (QED) is 0.809. The molecule has 0 bridgehead atoms. The lowest BCUT2D eigenvalue weighted by molar-refractivity contribution is 0.0939. The van der Waals surface area contributed by atoms with E-state index in [1.807, 2.05) is 13.2 Å². The summed E-state index contributed by atoms with van der Waals surface area (Å²) in [6.07, 6.45) is 2.90. The van der Waals surface area contributed by atoms with Crippen LogP contribution in [-0.4, -0.2) is 24.0 Å². The lowest BCUT2D eigenvalue weighted by Crippen LogP contribution is -2.33. The van der Waals surface area contributed by atoms with Gasteiger partial charge in [-0.3, -0.25) is 4.79 Å². The van der Waals surface area contributed by atoms with Crippen LogP contribution in [0.5, 0.6) is 0 Å². The summed E-state index contributed by atoms with van der Waals surface area (Å²) < 4.78 is 13.5. The predicted octanol–water partition coefficient (Wildman–Crippen LogP) is 2.59. The number of benzene rings is 1. The van der Waals surface area contributed by atoms with Crippen molar-refractivity contribution >= 4 is 23.4 Å². The number of nitrogen functional groups attached to an aromatic ring is 1. The Morgan fingerprint density at radius 2 is 2.22 bits per heavy atom. The highest BCUT2D eigenvalue weighted by Crippen LogP contribution is 2.17. The number of halogens is 1. The van der Waals surface area contributed by atoms with Crippen molar-refractivity contribution in [2.75, 3.05) is 17.7 Å². The average molecular weight is 270 g/mol. The Balaban J connectivity index is 2.73. The molecule has 0 heterocycles. The van der Waals surface area contributed by atoms with Gasteiger partial charge >= 0.3 is 0 Å². The van der Waals surface area contributed by atoms with Gasteiger partial charge in [-0.1, -0.05) is 0 Å². The van der Waals surface area contributed by atoms with E-state index in [0.717, 1.165) is 12.2 Å². The standard InChI is InChI=1S/C13H19FN2OS/c1-8(4-5-18-3)16-13(17)10-6-11(14)9(2)12(15)7-10/h6-8H,4-5,15H2,1-3H3,(H,16,17). The minimum absolute atomic E-state index is 0.0653. The molecule has 0 aliphatic rings. The third-order valence-electron chi connectivity index (χ3n) is 2.78. The smallest absolute Gasteiger partial charge is 0.251 e. The first kappa shape index (κ1) is 14.8. The van der Waals surface area contributed by atoms with Gasteiger partial charge in [0.1, 0.15) is 5.82 Å². The summed E-state index contributed by atoms with van der Waals surface area (Å²) in [5, 5.41) is 2.83. The molecule has 1 amide bonds. The molecular formula is C13H19FN2OS. The van der Waals surface area contributed by atoms with Crippen LogP contribution < -0.4 is 11.1 Å². The van der Waals surface area contributed by atoms with Crippen LogP contribution in [0.15, 0.2) is 12.1 Å². The summed E-state index contributed by atoms with van der Waals surface area (Å²) >= 11 is 1.73. The molecule has 3 nitrogen and oxygen atoms in total. The van der Waals surface area contributed by atoms with Crippen molar-refractivity contribution in [1.82, 2.24) is 5.32 Å². The molecule has 0 fully saturated rings. The number of rotatable bonds is 5. The Morgan fingerprint density at radius 1 is 1.56 bits per heavy atom. The zero-order chi connectivity index (χ0) is 13.7. The fraction of sp³-hybridized carbons (Fsp3) is 0.462. The van der Waals surface area contributed by atoms with E-state index in [4.69, 9.17) is 5.73 Å². The maximum atomic E-state index is 13.5. The lowest BCUT2D eigenvalue weighted by atomic mass is 10.1. The molecule has 0 saturated carbocycles. The van der Waals surface area contributed by atoms with Crippen molar-refractivity contribution < 1.29 is 9.18 Å². The van der Waals surface area contributed by atoms with Crippen molar-refractivity contribution in [3.05, 3.63) is 29.1 Å². The van der Waals surface area contributed by atoms with Gasteiger partial charge in [0.2, 0.25) is 0 Å². The Bertz CT molecular complexity index is 414. The Kier molecular flexibility index (Phi) is 5.47. The molecule has 0 saturated heterocycles. The second-order valence-corrected chi connectivity index (χ2v) is 5.31. The third-order valence-corrected chi connectivity index (χ3v) is 3.42. The van der Waals surface area contributed by atoms with Gasteiger partial charge in [0.25, 0.3) is 5.91 Å². The highest BCUT2D eigenvalue weighted by atomic mass is 32.2. The van der Waals surface area contributed by atoms with E-state index in [2.05, 4.69) is 5.32 Å². The average Bonchev–Trinajstić information content (AvgIpc) is 2.32. The second kappa shape index (κ2) is 6.64. The number of amides is 1. The van der Waals surface area contributed by atoms with Gasteiger partial charge in [-0.25, -0.2) is 4.39 Å². The first-order valence-electron chi connectivity index (χ1n) is 5.81. The number of carbonyl (C=O) groups excluding carboxylic acids is 1. The molecule has 0 spiro atoms. The van der Waals surface area contributed by atoms with E-state index in [9.17, 15) is 9.18 Å². The zero-order valence-electron chi connectivity index (χ0n) is 10.9. The Hall–Kier alpha value is -1.23. The number of hydrogen-bond acceptors (Lipinski definition) is 3. The molecule has 18 heavy (non-hydrogen) atoms. The maximum Gasteiger partial charge on any atom is 0.251 e. The van der Waals surface area contributed by atoms with Gasteiger partial charge in [-0.15, -0.1) is 0 Å². The summed E-state index contributed by atoms with van der Waals surface area (Å²) in [7, 11) is 0. The summed E-state index contributed by atoms with van der Waals surface area (Å²) in [5.41, 5.74) is 6.60. The number of anilines is 1. The van der Waals surface area contributed by atoms with Crippen molar-refractivity contribution in [2.45, 2.75) is 26.3 Å². The van der Waals surface area contributed by atoms with Crippen LogP contribution in [0.1, 0.15) is 29.3 Å². The van der Waals surface area contributed by atoms with Gasteiger partial charge in [0.05, 0.1) is 0 Å². The van der Waals surface area contributed by atoms with E-state index in [-0.39, 0.29) is 17.5 Å². The highest BCUT2D eigenvalue weighted by molar-refractivity contribution is 7.98. The van der Waals surface area contributed by atoms with Crippen molar-refractivity contribution in [3.63, 3.8) is 0 Å². The summed E-state index contributed by atoms with van der Waals surface area (Å²) in [6, 6.07) is 2.80. The van der Waals surface area contributed by atoms with Crippen molar-refractivity contribution in [2.24, 2.45) is 0 Å². The Labute approximate surface area is 111 Å². The van der Waals surface area contributed by atoms with Crippen molar-refractivity contribution in [3.8, 4) is 0 Å². The summed E-state index contributed by atoms with van der Waals surface area (Å²) in [5.74, 6) is 0.248. The van der Waals surface area contributed by atoms with Gasteiger partial charge in [0.15, 0.2) is 0 Å². The number of hydrogen-bond donors (Lipinski definition) is 2. The SMILES string of the molecule is CSCCC(C)NC(=O)c1cc(N)c(C)c(F)c1. The molecule has 1 aromatic rings. The van der Waals surface area contributed by atoms with Crippen LogP contribution in [-0.2, 0) is 0 Å². The molecule has 0 aromatic heterocycles. The molecule has 100 valence electrons. The lowest BCUT2D eigenvalue weighted by Gasteiger charge is -2.14. The van der Waals surface area contributed by atoms with Gasteiger partial charge in [0, 0.05) is 22.9 Å². The molecule has 1 unspecified atom stereocenters. The number of carbonyl (C=O) groups is 1. The van der Waals surface area contributed by atoms with E-state index in [1.54, 1.807) is 18.7 Å². The third kappa shape index (κ3) is 3.91. The molecule has 1 rings (SSSR count). The topological polar surface area (TPSA) is 55.1 Å². The molecular weight excluding hydrogens is 251 g/mol.